The molecule has 1 N–H and O–H groups in total. The molecule has 0 atom stereocenters. The minimum Gasteiger partial charge on any atom is -0.289 e. The van der Waals surface area contributed by atoms with Crippen LogP contribution in [-0.2, 0) is 6.54 Å². The Kier molecular flexibility index (Phi) is 3.00. The fourth-order valence-electron chi connectivity index (χ4n) is 1.58. The van der Waals surface area contributed by atoms with Gasteiger partial charge in [-0.05, 0) is 12.1 Å². The lowest BCUT2D eigenvalue weighted by Gasteiger charge is -2.09. The van der Waals surface area contributed by atoms with E-state index in [1.807, 2.05) is 0 Å². The Bertz CT molecular complexity index is 641. The minimum absolute atomic E-state index is 0.333. The van der Waals surface area contributed by atoms with Crippen molar-refractivity contribution in [1.29, 1.82) is 0 Å². The molecule has 0 aromatic carbocycles. The van der Waals surface area contributed by atoms with Gasteiger partial charge in [0.25, 0.3) is 5.56 Å². The molecule has 0 spiro atoms. The van der Waals surface area contributed by atoms with Crippen LogP contribution in [0.4, 0.5) is 0 Å². The molecule has 0 aliphatic heterocycles. The zero-order valence-electron chi connectivity index (χ0n) is 9.09. The van der Waals surface area contributed by atoms with E-state index in [9.17, 15) is 9.59 Å². The smallest absolute Gasteiger partial charge is 0.289 e. The van der Waals surface area contributed by atoms with Crippen molar-refractivity contribution in [3.63, 3.8) is 0 Å². The van der Waals surface area contributed by atoms with E-state index in [-0.39, 0.29) is 0 Å². The lowest BCUT2D eigenvalue weighted by atomic mass is 10.2. The molecule has 2 aromatic rings. The van der Waals surface area contributed by atoms with Crippen LogP contribution in [0.25, 0.3) is 11.3 Å². The van der Waals surface area contributed by atoms with Crippen LogP contribution in [0.15, 0.2) is 52.8 Å². The maximum absolute atomic E-state index is 11.7. The normalized spacial score (nSPS) is 10.1. The average Bonchev–Trinajstić information content (AvgIpc) is 2.33. The van der Waals surface area contributed by atoms with Crippen molar-refractivity contribution < 1.29 is 0 Å². The number of hydrogen-bond donors (Lipinski definition) is 1. The van der Waals surface area contributed by atoms with Crippen molar-refractivity contribution >= 4 is 0 Å². The van der Waals surface area contributed by atoms with Crippen molar-refractivity contribution in [2.24, 2.45) is 0 Å². The number of nitrogens with one attached hydrogen (secondary N) is 1. The molecule has 2 aromatic heterocycles. The van der Waals surface area contributed by atoms with E-state index < -0.39 is 11.2 Å². The Morgan fingerprint density at radius 3 is 2.94 bits per heavy atom. The summed E-state index contributed by atoms with van der Waals surface area (Å²) >= 11 is 0. The summed E-state index contributed by atoms with van der Waals surface area (Å²) in [6.45, 7) is 3.92. The number of rotatable bonds is 3. The number of aromatic nitrogens is 3. The van der Waals surface area contributed by atoms with Gasteiger partial charge < -0.3 is 0 Å². The summed E-state index contributed by atoms with van der Waals surface area (Å²) < 4.78 is 1.44. The van der Waals surface area contributed by atoms with Gasteiger partial charge in [-0.3, -0.25) is 19.3 Å². The molecule has 17 heavy (non-hydrogen) atoms. The first-order chi connectivity index (χ1) is 8.22. The standard InChI is InChI=1S/C12H11N3O2/c1-2-6-15-10(7-11(16)14-12(15)17)9-4-3-5-13-8-9/h2-5,7-8H,1,6H2,(H,14,16,17). The quantitative estimate of drug-likeness (QED) is 0.791. The number of hydrogen-bond acceptors (Lipinski definition) is 3. The third-order valence-corrected chi connectivity index (χ3v) is 2.30. The molecule has 0 aliphatic carbocycles. The third-order valence-electron chi connectivity index (χ3n) is 2.30. The van der Waals surface area contributed by atoms with Gasteiger partial charge in [-0.15, -0.1) is 6.58 Å². The Morgan fingerprint density at radius 1 is 1.47 bits per heavy atom. The molecule has 0 saturated heterocycles. The number of allylic oxidation sites excluding steroid dienone is 1. The summed E-state index contributed by atoms with van der Waals surface area (Å²) in [5.41, 5.74) is 0.384. The molecule has 0 aliphatic rings. The average molecular weight is 229 g/mol. The highest BCUT2D eigenvalue weighted by Gasteiger charge is 2.06. The largest absolute Gasteiger partial charge is 0.329 e. The first kappa shape index (κ1) is 11.1. The van der Waals surface area contributed by atoms with Crippen LogP contribution < -0.4 is 11.2 Å². The fraction of sp³-hybridized carbons (Fsp3) is 0.0833. The van der Waals surface area contributed by atoms with Gasteiger partial charge in [0.05, 0.1) is 5.69 Å². The van der Waals surface area contributed by atoms with Crippen molar-refractivity contribution in [2.75, 3.05) is 0 Å². The number of aromatic amines is 1. The Hall–Kier alpha value is -2.43. The van der Waals surface area contributed by atoms with Crippen LogP contribution in [0, 0.1) is 0 Å². The van der Waals surface area contributed by atoms with E-state index in [4.69, 9.17) is 0 Å². The molecule has 5 nitrogen and oxygen atoms in total. The topological polar surface area (TPSA) is 67.8 Å². The van der Waals surface area contributed by atoms with Gasteiger partial charge in [-0.25, -0.2) is 4.79 Å². The van der Waals surface area contributed by atoms with Gasteiger partial charge in [-0.2, -0.15) is 0 Å². The molecule has 0 radical (unpaired) electrons. The van der Waals surface area contributed by atoms with Gasteiger partial charge in [0.1, 0.15) is 0 Å². The van der Waals surface area contributed by atoms with Crippen molar-refractivity contribution in [1.82, 2.24) is 14.5 Å². The third kappa shape index (κ3) is 2.23. The Balaban J connectivity index is 2.71. The van der Waals surface area contributed by atoms with Crippen LogP contribution in [0.2, 0.25) is 0 Å². The first-order valence-corrected chi connectivity index (χ1v) is 5.08. The summed E-state index contributed by atoms with van der Waals surface area (Å²) in [6, 6.07) is 4.92. The van der Waals surface area contributed by atoms with Gasteiger partial charge in [0.15, 0.2) is 0 Å². The lowest BCUT2D eigenvalue weighted by molar-refractivity contribution is 0.746. The second kappa shape index (κ2) is 4.61. The maximum atomic E-state index is 11.7. The predicted octanol–water partition coefficient (Wildman–Crippen LogP) is 0.785. The van der Waals surface area contributed by atoms with E-state index in [0.29, 0.717) is 12.2 Å². The van der Waals surface area contributed by atoms with Crippen molar-refractivity contribution in [2.45, 2.75) is 6.54 Å². The van der Waals surface area contributed by atoms with Crippen LogP contribution >= 0.6 is 0 Å². The molecule has 0 saturated carbocycles. The van der Waals surface area contributed by atoms with E-state index in [1.165, 1.54) is 10.6 Å². The first-order valence-electron chi connectivity index (χ1n) is 5.08. The van der Waals surface area contributed by atoms with Crippen molar-refractivity contribution in [3.05, 3.63) is 64.1 Å². The second-order valence-corrected chi connectivity index (χ2v) is 3.46. The predicted molar refractivity (Wildman–Crippen MR) is 64.8 cm³/mol. The molecule has 0 bridgehead atoms. The van der Waals surface area contributed by atoms with E-state index >= 15 is 0 Å². The fourth-order valence-corrected chi connectivity index (χ4v) is 1.58. The van der Waals surface area contributed by atoms with Crippen LogP contribution in [0.1, 0.15) is 0 Å². The van der Waals surface area contributed by atoms with Crippen LogP contribution in [-0.4, -0.2) is 14.5 Å². The SMILES string of the molecule is C=CCn1c(-c2cccnc2)cc(=O)[nH]c1=O. The Morgan fingerprint density at radius 2 is 2.29 bits per heavy atom. The molecular weight excluding hydrogens is 218 g/mol. The molecule has 2 rings (SSSR count). The van der Waals surface area contributed by atoms with E-state index in [2.05, 4.69) is 16.5 Å². The highest BCUT2D eigenvalue weighted by Crippen LogP contribution is 2.14. The highest BCUT2D eigenvalue weighted by molar-refractivity contribution is 5.57. The Labute approximate surface area is 97.1 Å². The molecule has 86 valence electrons. The summed E-state index contributed by atoms with van der Waals surface area (Å²) in [7, 11) is 0. The van der Waals surface area contributed by atoms with E-state index in [0.717, 1.165) is 5.56 Å². The molecule has 0 unspecified atom stereocenters. The number of nitrogens with zero attached hydrogens (tertiary/aromatic N) is 2. The highest BCUT2D eigenvalue weighted by atomic mass is 16.2. The maximum Gasteiger partial charge on any atom is 0.329 e. The zero-order chi connectivity index (χ0) is 12.3. The van der Waals surface area contributed by atoms with E-state index in [1.54, 1.807) is 30.6 Å². The summed E-state index contributed by atoms with van der Waals surface area (Å²) in [6.07, 6.45) is 4.83. The van der Waals surface area contributed by atoms with Gasteiger partial charge in [0.2, 0.25) is 0 Å². The number of H-pyrrole nitrogens is 1. The van der Waals surface area contributed by atoms with Crippen molar-refractivity contribution in [3.8, 4) is 11.3 Å². The molecule has 0 amide bonds. The van der Waals surface area contributed by atoms with Gasteiger partial charge >= 0.3 is 5.69 Å². The molecule has 0 fully saturated rings. The monoisotopic (exact) mass is 229 g/mol. The van der Waals surface area contributed by atoms with Gasteiger partial charge in [-0.1, -0.05) is 6.08 Å². The van der Waals surface area contributed by atoms with Crippen LogP contribution in [0.5, 0.6) is 0 Å². The minimum atomic E-state index is -0.448. The van der Waals surface area contributed by atoms with Crippen LogP contribution in [0.3, 0.4) is 0 Å². The summed E-state index contributed by atoms with van der Waals surface area (Å²) in [5, 5.41) is 0. The van der Waals surface area contributed by atoms with Gasteiger partial charge in [0, 0.05) is 30.6 Å². The molecule has 5 heteroatoms. The zero-order valence-corrected chi connectivity index (χ0v) is 9.09. The second-order valence-electron chi connectivity index (χ2n) is 3.46. The lowest BCUT2D eigenvalue weighted by Crippen LogP contribution is -2.30. The molecule has 2 heterocycles. The molecular formula is C12H11N3O2. The summed E-state index contributed by atoms with van der Waals surface area (Å²) in [5.74, 6) is 0. The summed E-state index contributed by atoms with van der Waals surface area (Å²) in [4.78, 5) is 29.2. The number of pyridine rings is 1.